The molecule has 19 heavy (non-hydrogen) atoms. The highest BCUT2D eigenvalue weighted by atomic mass is 15.3. The maximum Gasteiger partial charge on any atom is 0.146 e. The average Bonchev–Trinajstić information content (AvgIpc) is 2.81. The second-order valence-electron chi connectivity index (χ2n) is 5.01. The summed E-state index contributed by atoms with van der Waals surface area (Å²) in [5.41, 5.74) is 6.98. The summed E-state index contributed by atoms with van der Waals surface area (Å²) in [5.74, 6) is 2.61. The van der Waals surface area contributed by atoms with E-state index in [0.717, 1.165) is 18.1 Å². The fourth-order valence-corrected chi connectivity index (χ4v) is 2.45. The smallest absolute Gasteiger partial charge is 0.146 e. The summed E-state index contributed by atoms with van der Waals surface area (Å²) < 4.78 is 2.03. The fourth-order valence-electron chi connectivity index (χ4n) is 2.45. The Hall–Kier alpha value is -1.68. The predicted molar refractivity (Wildman–Crippen MR) is 76.6 cm³/mol. The van der Waals surface area contributed by atoms with Crippen molar-refractivity contribution in [3.63, 3.8) is 0 Å². The molecule has 2 aromatic rings. The number of rotatable bonds is 5. The number of hydrogen-bond donors (Lipinski definition) is 1. The Morgan fingerprint density at radius 1 is 1.21 bits per heavy atom. The van der Waals surface area contributed by atoms with E-state index in [1.807, 2.05) is 17.7 Å². The summed E-state index contributed by atoms with van der Waals surface area (Å²) in [5, 5.41) is 8.55. The molecule has 1 aromatic heterocycles. The van der Waals surface area contributed by atoms with Crippen LogP contribution in [0.25, 0.3) is 0 Å². The first-order valence-electron chi connectivity index (χ1n) is 6.82. The van der Waals surface area contributed by atoms with Crippen molar-refractivity contribution in [2.75, 3.05) is 0 Å². The lowest BCUT2D eigenvalue weighted by Crippen LogP contribution is -2.16. The molecule has 0 amide bonds. The third kappa shape index (κ3) is 2.68. The molecule has 0 fully saturated rings. The third-order valence-electron chi connectivity index (χ3n) is 3.83. The maximum atomic E-state index is 5.69. The van der Waals surface area contributed by atoms with Gasteiger partial charge in [-0.1, -0.05) is 50.6 Å². The minimum Gasteiger partial charge on any atom is -0.324 e. The number of nitrogens with zero attached hydrogens (tertiary/aromatic N) is 3. The van der Waals surface area contributed by atoms with Gasteiger partial charge in [-0.05, 0) is 11.5 Å². The van der Waals surface area contributed by atoms with Gasteiger partial charge in [-0.25, -0.2) is 0 Å². The van der Waals surface area contributed by atoms with Crippen LogP contribution in [-0.2, 0) is 13.6 Å². The zero-order chi connectivity index (χ0) is 13.8. The van der Waals surface area contributed by atoms with Crippen LogP contribution >= 0.6 is 0 Å². The van der Waals surface area contributed by atoms with E-state index in [4.69, 9.17) is 5.73 Å². The molecule has 2 N–H and O–H groups in total. The van der Waals surface area contributed by atoms with Crippen molar-refractivity contribution in [2.24, 2.45) is 18.7 Å². The molecule has 0 saturated carbocycles. The number of nitrogens with two attached hydrogens (primary N) is 1. The Morgan fingerprint density at radius 3 is 2.42 bits per heavy atom. The standard InChI is InChI=1S/C15H22N4/c1-4-11(2)14(12-8-6-5-7-9-12)15-18-17-13(10-16)19(15)3/h5-9,11,14H,4,10,16H2,1-3H3. The highest BCUT2D eigenvalue weighted by molar-refractivity contribution is 5.26. The van der Waals surface area contributed by atoms with Crippen molar-refractivity contribution in [3.05, 3.63) is 47.5 Å². The lowest BCUT2D eigenvalue weighted by atomic mass is 9.85. The Labute approximate surface area is 114 Å². The quantitative estimate of drug-likeness (QED) is 0.896. The van der Waals surface area contributed by atoms with Gasteiger partial charge in [-0.2, -0.15) is 0 Å². The van der Waals surface area contributed by atoms with E-state index in [1.165, 1.54) is 5.56 Å². The van der Waals surface area contributed by atoms with E-state index < -0.39 is 0 Å². The lowest BCUT2D eigenvalue weighted by Gasteiger charge is -2.22. The molecule has 2 atom stereocenters. The van der Waals surface area contributed by atoms with Crippen LogP contribution < -0.4 is 5.73 Å². The summed E-state index contributed by atoms with van der Waals surface area (Å²) in [4.78, 5) is 0. The van der Waals surface area contributed by atoms with Gasteiger partial charge in [0.1, 0.15) is 11.6 Å². The van der Waals surface area contributed by atoms with Crippen molar-refractivity contribution < 1.29 is 0 Å². The molecule has 4 heteroatoms. The van der Waals surface area contributed by atoms with Crippen LogP contribution in [0.15, 0.2) is 30.3 Å². The van der Waals surface area contributed by atoms with Crippen LogP contribution in [0, 0.1) is 5.92 Å². The van der Waals surface area contributed by atoms with Gasteiger partial charge < -0.3 is 10.3 Å². The predicted octanol–water partition coefficient (Wildman–Crippen LogP) is 2.45. The van der Waals surface area contributed by atoms with E-state index in [0.29, 0.717) is 12.5 Å². The van der Waals surface area contributed by atoms with Crippen LogP contribution in [0.1, 0.15) is 43.4 Å². The summed E-state index contributed by atoms with van der Waals surface area (Å²) in [6, 6.07) is 10.5. The van der Waals surface area contributed by atoms with Crippen molar-refractivity contribution in [1.29, 1.82) is 0 Å². The van der Waals surface area contributed by atoms with Gasteiger partial charge in [0.2, 0.25) is 0 Å². The third-order valence-corrected chi connectivity index (χ3v) is 3.83. The van der Waals surface area contributed by atoms with Crippen molar-refractivity contribution in [2.45, 2.75) is 32.7 Å². The number of hydrogen-bond acceptors (Lipinski definition) is 3. The van der Waals surface area contributed by atoms with E-state index in [2.05, 4.69) is 48.3 Å². The number of aromatic nitrogens is 3. The van der Waals surface area contributed by atoms with E-state index in [1.54, 1.807) is 0 Å². The summed E-state index contributed by atoms with van der Waals surface area (Å²) in [7, 11) is 2.00. The van der Waals surface area contributed by atoms with Crippen LogP contribution in [-0.4, -0.2) is 14.8 Å². The summed E-state index contributed by atoms with van der Waals surface area (Å²) in [6.07, 6.45) is 1.10. The maximum absolute atomic E-state index is 5.69. The first-order valence-corrected chi connectivity index (χ1v) is 6.82. The second kappa shape index (κ2) is 5.97. The monoisotopic (exact) mass is 258 g/mol. The second-order valence-corrected chi connectivity index (χ2v) is 5.01. The van der Waals surface area contributed by atoms with Crippen molar-refractivity contribution in [1.82, 2.24) is 14.8 Å². The van der Waals surface area contributed by atoms with E-state index in [9.17, 15) is 0 Å². The normalized spacial score (nSPS) is 14.3. The Kier molecular flexibility index (Phi) is 4.32. The Bertz CT molecular complexity index is 518. The molecule has 2 rings (SSSR count). The van der Waals surface area contributed by atoms with Crippen LogP contribution in [0.2, 0.25) is 0 Å². The minimum atomic E-state index is 0.268. The molecule has 0 saturated heterocycles. The van der Waals surface area contributed by atoms with Gasteiger partial charge in [-0.15, -0.1) is 10.2 Å². The first-order chi connectivity index (χ1) is 9.19. The summed E-state index contributed by atoms with van der Waals surface area (Å²) >= 11 is 0. The molecule has 1 aromatic carbocycles. The highest BCUT2D eigenvalue weighted by Gasteiger charge is 2.25. The van der Waals surface area contributed by atoms with E-state index >= 15 is 0 Å². The average molecular weight is 258 g/mol. The molecular formula is C15H22N4. The zero-order valence-corrected chi connectivity index (χ0v) is 11.9. The fraction of sp³-hybridized carbons (Fsp3) is 0.467. The van der Waals surface area contributed by atoms with Crippen LogP contribution in [0.3, 0.4) is 0 Å². The molecule has 0 aliphatic carbocycles. The van der Waals surface area contributed by atoms with Crippen molar-refractivity contribution >= 4 is 0 Å². The molecule has 0 bridgehead atoms. The number of benzene rings is 1. The molecule has 0 aliphatic rings. The van der Waals surface area contributed by atoms with Gasteiger partial charge in [-0.3, -0.25) is 0 Å². The molecule has 2 unspecified atom stereocenters. The highest BCUT2D eigenvalue weighted by Crippen LogP contribution is 2.32. The van der Waals surface area contributed by atoms with Gasteiger partial charge in [0.05, 0.1) is 6.54 Å². The zero-order valence-electron chi connectivity index (χ0n) is 11.9. The molecule has 1 heterocycles. The molecule has 4 nitrogen and oxygen atoms in total. The molecule has 0 spiro atoms. The molecule has 0 radical (unpaired) electrons. The van der Waals surface area contributed by atoms with Crippen molar-refractivity contribution in [3.8, 4) is 0 Å². The molecular weight excluding hydrogens is 236 g/mol. The topological polar surface area (TPSA) is 56.7 Å². The van der Waals surface area contributed by atoms with Gasteiger partial charge in [0.25, 0.3) is 0 Å². The molecule has 0 aliphatic heterocycles. The summed E-state index contributed by atoms with van der Waals surface area (Å²) in [6.45, 7) is 4.89. The first kappa shape index (κ1) is 13.7. The molecule has 102 valence electrons. The largest absolute Gasteiger partial charge is 0.324 e. The SMILES string of the molecule is CCC(C)C(c1ccccc1)c1nnc(CN)n1C. The van der Waals surface area contributed by atoms with Gasteiger partial charge in [0, 0.05) is 13.0 Å². The minimum absolute atomic E-state index is 0.268. The van der Waals surface area contributed by atoms with E-state index in [-0.39, 0.29) is 5.92 Å². The van der Waals surface area contributed by atoms with Gasteiger partial charge >= 0.3 is 0 Å². The Balaban J connectivity index is 2.46. The van der Waals surface area contributed by atoms with Gasteiger partial charge in [0.15, 0.2) is 0 Å². The van der Waals surface area contributed by atoms with Crippen LogP contribution in [0.4, 0.5) is 0 Å². The Morgan fingerprint density at radius 2 is 1.89 bits per heavy atom. The van der Waals surface area contributed by atoms with Crippen LogP contribution in [0.5, 0.6) is 0 Å². The lowest BCUT2D eigenvalue weighted by molar-refractivity contribution is 0.467.